The van der Waals surface area contributed by atoms with Gasteiger partial charge < -0.3 is 5.11 Å². The van der Waals surface area contributed by atoms with E-state index in [4.69, 9.17) is 11.6 Å². The van der Waals surface area contributed by atoms with Crippen LogP contribution in [0.5, 0.6) is 0 Å². The van der Waals surface area contributed by atoms with Gasteiger partial charge in [0.15, 0.2) is 11.5 Å². The topological polar surface area (TPSA) is 57.6 Å². The largest absolute Gasteiger partial charge is 0.503 e. The van der Waals surface area contributed by atoms with E-state index in [1.165, 1.54) is 23.1 Å². The highest BCUT2D eigenvalue weighted by Gasteiger charge is 2.45. The van der Waals surface area contributed by atoms with Crippen molar-refractivity contribution in [1.82, 2.24) is 0 Å². The lowest BCUT2D eigenvalue weighted by Gasteiger charge is -2.27. The number of carbonyl (C=O) groups is 2. The van der Waals surface area contributed by atoms with Crippen LogP contribution in [0.2, 0.25) is 5.02 Å². The molecule has 1 aliphatic heterocycles. The molecule has 1 heterocycles. The molecule has 6 heteroatoms. The summed E-state index contributed by atoms with van der Waals surface area (Å²) in [5.74, 6) is -2.82. The van der Waals surface area contributed by atoms with E-state index in [2.05, 4.69) is 0 Å². The number of aliphatic hydroxyl groups excluding tert-OH is 1. The minimum atomic E-state index is -1.04. The molecule has 2 aromatic carbocycles. The predicted octanol–water partition coefficient (Wildman–Crippen LogP) is 4.60. The standard InChI is InChI=1S/C20H17ClFNO3/c1-11(2)18(24)16-17(14-5-3-4-6-15(14)22)23(20(26)19(16)25)13-9-7-12(21)8-10-13/h3-11,17,25H,1-2H3. The summed E-state index contributed by atoms with van der Waals surface area (Å²) < 4.78 is 14.5. The van der Waals surface area contributed by atoms with Crippen LogP contribution in [-0.2, 0) is 9.59 Å². The van der Waals surface area contributed by atoms with Crippen molar-refractivity contribution in [2.24, 2.45) is 5.92 Å². The minimum absolute atomic E-state index is 0.0925. The van der Waals surface area contributed by atoms with Crippen molar-refractivity contribution in [3.63, 3.8) is 0 Å². The normalized spacial score (nSPS) is 17.3. The van der Waals surface area contributed by atoms with Crippen LogP contribution >= 0.6 is 11.6 Å². The molecule has 0 fully saturated rings. The van der Waals surface area contributed by atoms with Crippen molar-refractivity contribution in [3.05, 3.63) is 76.3 Å². The lowest BCUT2D eigenvalue weighted by atomic mass is 9.91. The third-order valence-electron chi connectivity index (χ3n) is 4.30. The monoisotopic (exact) mass is 373 g/mol. The van der Waals surface area contributed by atoms with Gasteiger partial charge in [-0.25, -0.2) is 4.39 Å². The third-order valence-corrected chi connectivity index (χ3v) is 4.55. The maximum absolute atomic E-state index is 14.5. The van der Waals surface area contributed by atoms with E-state index >= 15 is 0 Å². The number of benzene rings is 2. The van der Waals surface area contributed by atoms with Crippen LogP contribution in [0.1, 0.15) is 25.5 Å². The zero-order valence-corrected chi connectivity index (χ0v) is 15.0. The van der Waals surface area contributed by atoms with Gasteiger partial charge in [-0.05, 0) is 30.3 Å². The van der Waals surface area contributed by atoms with Gasteiger partial charge in [0.2, 0.25) is 0 Å². The van der Waals surface area contributed by atoms with Crippen molar-refractivity contribution >= 4 is 29.0 Å². The Balaban J connectivity index is 2.21. The number of anilines is 1. The van der Waals surface area contributed by atoms with Crippen LogP contribution in [0.15, 0.2) is 59.9 Å². The van der Waals surface area contributed by atoms with E-state index in [1.54, 1.807) is 44.2 Å². The molecule has 1 unspecified atom stereocenters. The van der Waals surface area contributed by atoms with Gasteiger partial charge in [-0.1, -0.05) is 43.6 Å². The number of carbonyl (C=O) groups excluding carboxylic acids is 2. The quantitative estimate of drug-likeness (QED) is 0.851. The molecule has 0 saturated carbocycles. The summed E-state index contributed by atoms with van der Waals surface area (Å²) in [6.45, 7) is 3.33. The predicted molar refractivity (Wildman–Crippen MR) is 97.6 cm³/mol. The number of Topliss-reactive ketones (excluding diaryl/α,β-unsaturated/α-hetero) is 1. The number of nitrogens with zero attached hydrogens (tertiary/aromatic N) is 1. The van der Waals surface area contributed by atoms with E-state index in [0.717, 1.165) is 0 Å². The second-order valence-electron chi connectivity index (χ2n) is 6.36. The number of halogens is 2. The molecule has 134 valence electrons. The lowest BCUT2D eigenvalue weighted by molar-refractivity contribution is -0.119. The SMILES string of the molecule is CC(C)C(=O)C1=C(O)C(=O)N(c2ccc(Cl)cc2)C1c1ccccc1F. The number of hydrogen-bond acceptors (Lipinski definition) is 3. The maximum Gasteiger partial charge on any atom is 0.294 e. The summed E-state index contributed by atoms with van der Waals surface area (Å²) in [7, 11) is 0. The van der Waals surface area contributed by atoms with Gasteiger partial charge in [0.25, 0.3) is 5.91 Å². The smallest absolute Gasteiger partial charge is 0.294 e. The van der Waals surface area contributed by atoms with Gasteiger partial charge in [-0.15, -0.1) is 0 Å². The summed E-state index contributed by atoms with van der Waals surface area (Å²) in [6.07, 6.45) is 0. The Bertz CT molecular complexity index is 906. The summed E-state index contributed by atoms with van der Waals surface area (Å²) in [6, 6.07) is 11.2. The fourth-order valence-corrected chi connectivity index (χ4v) is 3.15. The zero-order valence-electron chi connectivity index (χ0n) is 14.2. The minimum Gasteiger partial charge on any atom is -0.503 e. The molecule has 4 nitrogen and oxygen atoms in total. The highest BCUT2D eigenvalue weighted by atomic mass is 35.5. The summed E-state index contributed by atoms with van der Waals surface area (Å²) >= 11 is 5.91. The average Bonchev–Trinajstić information content (AvgIpc) is 2.87. The lowest BCUT2D eigenvalue weighted by Crippen LogP contribution is -2.32. The first-order chi connectivity index (χ1) is 12.3. The van der Waals surface area contributed by atoms with Crippen LogP contribution in [0.25, 0.3) is 0 Å². The summed E-state index contributed by atoms with van der Waals surface area (Å²) in [4.78, 5) is 26.6. The molecule has 1 aliphatic rings. The Morgan fingerprint density at radius 1 is 1.15 bits per heavy atom. The fourth-order valence-electron chi connectivity index (χ4n) is 3.03. The fraction of sp³-hybridized carbons (Fsp3) is 0.200. The van der Waals surface area contributed by atoms with E-state index < -0.39 is 35.2 Å². The molecule has 0 saturated heterocycles. The third kappa shape index (κ3) is 2.99. The molecule has 0 aromatic heterocycles. The molecule has 0 aliphatic carbocycles. The van der Waals surface area contributed by atoms with Crippen LogP contribution < -0.4 is 4.90 Å². The number of aliphatic hydroxyl groups is 1. The molecule has 1 atom stereocenters. The van der Waals surface area contributed by atoms with Gasteiger partial charge in [0.1, 0.15) is 5.82 Å². The molecular formula is C20H17ClFNO3. The Morgan fingerprint density at radius 3 is 2.35 bits per heavy atom. The van der Waals surface area contributed by atoms with Gasteiger partial charge in [-0.2, -0.15) is 0 Å². The molecule has 0 spiro atoms. The average molecular weight is 374 g/mol. The van der Waals surface area contributed by atoms with Crippen molar-refractivity contribution in [2.45, 2.75) is 19.9 Å². The highest BCUT2D eigenvalue weighted by Crippen LogP contribution is 2.42. The molecule has 2 aromatic rings. The molecule has 26 heavy (non-hydrogen) atoms. The Labute approximate surface area is 155 Å². The van der Waals surface area contributed by atoms with Crippen molar-refractivity contribution < 1.29 is 19.1 Å². The molecule has 3 rings (SSSR count). The van der Waals surface area contributed by atoms with Crippen LogP contribution in [0, 0.1) is 11.7 Å². The number of hydrogen-bond donors (Lipinski definition) is 1. The van der Waals surface area contributed by atoms with Gasteiger partial charge >= 0.3 is 0 Å². The highest BCUT2D eigenvalue weighted by molar-refractivity contribution is 6.30. The molecular weight excluding hydrogens is 357 g/mol. The van der Waals surface area contributed by atoms with Crippen molar-refractivity contribution in [1.29, 1.82) is 0 Å². The Hall–Kier alpha value is -2.66. The second kappa shape index (κ2) is 6.92. The summed E-state index contributed by atoms with van der Waals surface area (Å²) in [5.41, 5.74) is 0.458. The van der Waals surface area contributed by atoms with Gasteiger partial charge in [0.05, 0.1) is 11.6 Å². The molecule has 1 N–H and O–H groups in total. The van der Waals surface area contributed by atoms with Crippen LogP contribution in [-0.4, -0.2) is 16.8 Å². The first-order valence-corrected chi connectivity index (χ1v) is 8.51. The van der Waals surface area contributed by atoms with Gasteiger partial charge in [-0.3, -0.25) is 14.5 Å². The van der Waals surface area contributed by atoms with Crippen LogP contribution in [0.3, 0.4) is 0 Å². The zero-order chi connectivity index (χ0) is 19.0. The van der Waals surface area contributed by atoms with E-state index in [1.807, 2.05) is 0 Å². The second-order valence-corrected chi connectivity index (χ2v) is 6.79. The first-order valence-electron chi connectivity index (χ1n) is 8.13. The van der Waals surface area contributed by atoms with Crippen molar-refractivity contribution in [2.75, 3.05) is 4.90 Å². The molecule has 0 bridgehead atoms. The van der Waals surface area contributed by atoms with E-state index in [0.29, 0.717) is 10.7 Å². The summed E-state index contributed by atoms with van der Waals surface area (Å²) in [5, 5.41) is 10.9. The Morgan fingerprint density at radius 2 is 1.77 bits per heavy atom. The van der Waals surface area contributed by atoms with Gasteiger partial charge in [0, 0.05) is 22.2 Å². The maximum atomic E-state index is 14.5. The van der Waals surface area contributed by atoms with E-state index in [9.17, 15) is 19.1 Å². The number of rotatable bonds is 4. The first kappa shape index (κ1) is 18.1. The Kier molecular flexibility index (Phi) is 4.83. The van der Waals surface area contributed by atoms with E-state index in [-0.39, 0.29) is 11.1 Å². The molecule has 1 amide bonds. The molecule has 0 radical (unpaired) electrons. The number of amides is 1. The number of ketones is 1. The van der Waals surface area contributed by atoms with Crippen molar-refractivity contribution in [3.8, 4) is 0 Å². The van der Waals surface area contributed by atoms with Crippen LogP contribution in [0.4, 0.5) is 10.1 Å².